The first-order valence-electron chi connectivity index (χ1n) is 25.9. The predicted octanol–water partition coefficient (Wildman–Crippen LogP) is 17.9. The molecule has 0 radical (unpaired) electrons. The molecule has 0 N–H and O–H groups in total. The van der Waals surface area contributed by atoms with Crippen molar-refractivity contribution in [3.05, 3.63) is 272 Å². The normalized spacial score (nSPS) is 11.4. The van der Waals surface area contributed by atoms with Gasteiger partial charge in [-0.05, 0) is 125 Å². The first-order valence-corrected chi connectivity index (χ1v) is 25.9. The van der Waals surface area contributed by atoms with Gasteiger partial charge in [0.2, 0.25) is 0 Å². The second kappa shape index (κ2) is 18.8. The van der Waals surface area contributed by atoms with Crippen molar-refractivity contribution in [3.63, 3.8) is 0 Å². The number of rotatable bonds is 9. The van der Waals surface area contributed by atoms with Crippen LogP contribution in [0.1, 0.15) is 11.1 Å². The Morgan fingerprint density at radius 1 is 0.312 bits per heavy atom. The van der Waals surface area contributed by atoms with E-state index in [1.807, 2.05) is 60.7 Å². The number of benzene rings is 11. The van der Waals surface area contributed by atoms with Crippen LogP contribution in [0.25, 0.3) is 134 Å². The molecule has 0 amide bonds. The van der Waals surface area contributed by atoms with Gasteiger partial charge in [0.1, 0.15) is 0 Å². The summed E-state index contributed by atoms with van der Waals surface area (Å²) in [6.07, 6.45) is 0. The van der Waals surface area contributed by atoms with Crippen LogP contribution in [-0.2, 0) is 0 Å². The molecule has 0 fully saturated rings. The molecule has 6 nitrogen and oxygen atoms in total. The second-order valence-electron chi connectivity index (χ2n) is 19.6. The molecule has 0 unspecified atom stereocenters. The molecule has 0 bridgehead atoms. The van der Waals surface area contributed by atoms with Gasteiger partial charge >= 0.3 is 0 Å². The molecular formula is C71H46N6. The van der Waals surface area contributed by atoms with Gasteiger partial charge in [0.15, 0.2) is 17.5 Å². The van der Waals surface area contributed by atoms with E-state index in [-0.39, 0.29) is 0 Å². The average Bonchev–Trinajstić information content (AvgIpc) is 4.16. The fourth-order valence-corrected chi connectivity index (χ4v) is 11.2. The zero-order valence-electron chi connectivity index (χ0n) is 42.0. The van der Waals surface area contributed by atoms with E-state index in [2.05, 4.69) is 222 Å². The number of hydrogen-bond acceptors (Lipinski definition) is 4. The van der Waals surface area contributed by atoms with Crippen LogP contribution in [-0.4, -0.2) is 24.1 Å². The summed E-state index contributed by atoms with van der Waals surface area (Å²) in [5.41, 5.74) is 19.4. The van der Waals surface area contributed by atoms with E-state index in [1.54, 1.807) is 0 Å². The summed E-state index contributed by atoms with van der Waals surface area (Å²) in [6, 6.07) is 94.3. The summed E-state index contributed by atoms with van der Waals surface area (Å²) < 4.78 is 4.81. The highest BCUT2D eigenvalue weighted by Gasteiger charge is 2.24. The Bertz CT molecular complexity index is 4570. The van der Waals surface area contributed by atoms with Crippen molar-refractivity contribution in [2.24, 2.45) is 0 Å². The van der Waals surface area contributed by atoms with Gasteiger partial charge in [-0.15, -0.1) is 0 Å². The first kappa shape index (κ1) is 45.2. The lowest BCUT2D eigenvalue weighted by Gasteiger charge is -2.20. The van der Waals surface area contributed by atoms with E-state index >= 15 is 0 Å². The van der Waals surface area contributed by atoms with E-state index in [9.17, 15) is 5.26 Å². The van der Waals surface area contributed by atoms with Gasteiger partial charge in [0.25, 0.3) is 0 Å². The maximum Gasteiger partial charge on any atom is 0.164 e. The maximum absolute atomic E-state index is 9.85. The van der Waals surface area contributed by atoms with Gasteiger partial charge in [0.05, 0.1) is 39.4 Å². The van der Waals surface area contributed by atoms with Crippen LogP contribution in [0, 0.1) is 18.3 Å². The largest absolute Gasteiger partial charge is 0.309 e. The minimum Gasteiger partial charge on any atom is -0.309 e. The van der Waals surface area contributed by atoms with Crippen LogP contribution in [0.4, 0.5) is 0 Å². The molecule has 0 saturated carbocycles. The van der Waals surface area contributed by atoms with Crippen molar-refractivity contribution in [2.75, 3.05) is 0 Å². The molecule has 0 aliphatic rings. The molecule has 0 aliphatic heterocycles. The molecule has 6 heteroatoms. The second-order valence-corrected chi connectivity index (χ2v) is 19.6. The highest BCUT2D eigenvalue weighted by atomic mass is 15.0. The Morgan fingerprint density at radius 2 is 0.779 bits per heavy atom. The monoisotopic (exact) mass is 982 g/mol. The SMILES string of the molecule is Cc1cccc(-c2ccc3c(c2)c2ccccc2n3-c2ccc(-c3nc(-c4ccccc4)nc(-c4ccccc4)n3)c(-c3cc(-c4ccc(C#N)cc4)ccc3-n3c4ccccc4c4cc(-c5ccccc5)ccc43)c2)c1. The number of nitrogens with zero attached hydrogens (tertiary/aromatic N) is 6. The molecule has 0 saturated heterocycles. The summed E-state index contributed by atoms with van der Waals surface area (Å²) in [6.45, 7) is 2.14. The van der Waals surface area contributed by atoms with Gasteiger partial charge < -0.3 is 9.13 Å². The van der Waals surface area contributed by atoms with Crippen molar-refractivity contribution < 1.29 is 0 Å². The standard InChI is InChI=1S/C71H46N6/c1-46-16-15-23-52(40-46)55-34-37-66-61(43-55)57-24-11-13-26-64(57)76(66)56-35-36-59(71-74-69(50-19-7-3-8-20-50)73-70(75-71)51-21-9-4-10-22-51)60(44-56)63-42-54(49-30-28-47(45-72)29-31-49)33-39-68(63)77-65-27-14-12-25-58(65)62-41-53(32-38-67(62)77)48-17-5-2-6-18-48/h2-44H,1H3. The summed E-state index contributed by atoms with van der Waals surface area (Å²) in [5.74, 6) is 1.72. The zero-order valence-corrected chi connectivity index (χ0v) is 42.0. The van der Waals surface area contributed by atoms with Crippen molar-refractivity contribution in [1.82, 2.24) is 24.1 Å². The van der Waals surface area contributed by atoms with Gasteiger partial charge in [-0.1, -0.05) is 188 Å². The van der Waals surface area contributed by atoms with Crippen molar-refractivity contribution in [2.45, 2.75) is 6.92 Å². The Balaban J connectivity index is 1.08. The fourth-order valence-electron chi connectivity index (χ4n) is 11.2. The van der Waals surface area contributed by atoms with Crippen LogP contribution in [0.5, 0.6) is 0 Å². The molecule has 11 aromatic carbocycles. The van der Waals surface area contributed by atoms with Crippen LogP contribution >= 0.6 is 0 Å². The topological polar surface area (TPSA) is 72.3 Å². The lowest BCUT2D eigenvalue weighted by molar-refractivity contribution is 1.07. The van der Waals surface area contributed by atoms with Gasteiger partial charge in [-0.3, -0.25) is 0 Å². The Labute approximate surface area is 445 Å². The minimum absolute atomic E-state index is 0.550. The smallest absolute Gasteiger partial charge is 0.164 e. The molecule has 360 valence electrons. The maximum atomic E-state index is 9.85. The number of para-hydroxylation sites is 2. The van der Waals surface area contributed by atoms with Crippen LogP contribution in [0.2, 0.25) is 0 Å². The van der Waals surface area contributed by atoms with Crippen LogP contribution in [0.15, 0.2) is 261 Å². The van der Waals surface area contributed by atoms with E-state index in [4.69, 9.17) is 15.0 Å². The Hall–Kier alpha value is -10.5. The summed E-state index contributed by atoms with van der Waals surface area (Å²) in [5, 5.41) is 14.5. The molecule has 14 rings (SSSR count). The molecule has 77 heavy (non-hydrogen) atoms. The Kier molecular flexibility index (Phi) is 11.0. The Morgan fingerprint density at radius 3 is 1.40 bits per heavy atom. The van der Waals surface area contributed by atoms with Crippen molar-refractivity contribution in [3.8, 4) is 96.1 Å². The predicted molar refractivity (Wildman–Crippen MR) is 316 cm³/mol. The molecule has 14 aromatic rings. The average molecular weight is 983 g/mol. The molecule has 0 atom stereocenters. The summed E-state index contributed by atoms with van der Waals surface area (Å²) >= 11 is 0. The quantitative estimate of drug-likeness (QED) is 0.144. The van der Waals surface area contributed by atoms with Crippen LogP contribution in [0.3, 0.4) is 0 Å². The van der Waals surface area contributed by atoms with E-state index in [0.29, 0.717) is 23.0 Å². The third-order valence-corrected chi connectivity index (χ3v) is 14.9. The van der Waals surface area contributed by atoms with E-state index in [0.717, 1.165) is 88.7 Å². The number of fused-ring (bicyclic) bond motifs is 6. The van der Waals surface area contributed by atoms with Gasteiger partial charge in [-0.25, -0.2) is 15.0 Å². The van der Waals surface area contributed by atoms with E-state index < -0.39 is 0 Å². The van der Waals surface area contributed by atoms with Crippen LogP contribution < -0.4 is 0 Å². The van der Waals surface area contributed by atoms with E-state index in [1.165, 1.54) is 33.0 Å². The molecule has 0 aliphatic carbocycles. The lowest BCUT2D eigenvalue weighted by Crippen LogP contribution is -2.04. The van der Waals surface area contributed by atoms with Gasteiger partial charge in [-0.2, -0.15) is 5.26 Å². The van der Waals surface area contributed by atoms with Crippen molar-refractivity contribution >= 4 is 43.6 Å². The molecule has 0 spiro atoms. The number of hydrogen-bond donors (Lipinski definition) is 0. The number of aromatic nitrogens is 5. The number of aryl methyl sites for hydroxylation is 1. The molecule has 3 aromatic heterocycles. The highest BCUT2D eigenvalue weighted by molar-refractivity contribution is 6.12. The van der Waals surface area contributed by atoms with Gasteiger partial charge in [0, 0.05) is 49.5 Å². The fraction of sp³-hybridized carbons (Fsp3) is 0.0141. The first-order chi connectivity index (χ1) is 38.0. The zero-order chi connectivity index (χ0) is 51.4. The summed E-state index contributed by atoms with van der Waals surface area (Å²) in [7, 11) is 0. The minimum atomic E-state index is 0.550. The third kappa shape index (κ3) is 8.02. The number of nitriles is 1. The third-order valence-electron chi connectivity index (χ3n) is 14.9. The lowest BCUT2D eigenvalue weighted by atomic mass is 9.92. The molecular weight excluding hydrogens is 937 g/mol. The molecule has 3 heterocycles. The highest BCUT2D eigenvalue weighted by Crippen LogP contribution is 2.44. The summed E-state index contributed by atoms with van der Waals surface area (Å²) in [4.78, 5) is 15.9. The van der Waals surface area contributed by atoms with Crippen molar-refractivity contribution in [1.29, 1.82) is 5.26 Å².